The highest BCUT2D eigenvalue weighted by Gasteiger charge is 2.39. The molecule has 0 aromatic heterocycles. The van der Waals surface area contributed by atoms with Gasteiger partial charge in [-0.2, -0.15) is 0 Å². The zero-order chi connectivity index (χ0) is 17.2. The monoisotopic (exact) mass is 343 g/mol. The Morgan fingerprint density at radius 3 is 1.92 bits per heavy atom. The molecule has 0 aromatic carbocycles. The number of hydrogen-bond acceptors (Lipinski definition) is 1. The smallest absolute Gasteiger partial charge is 0.0247 e. The summed E-state index contributed by atoms with van der Waals surface area (Å²) in [7, 11) is 2.16. The lowest BCUT2D eigenvalue weighted by atomic mass is 9.78. The SMILES string of the molecule is CNC1/C=C\CC2C(C)CCC2CCC2CC[C@@H](CC1)C1CCC2C1. The number of nitrogens with one attached hydrogen (secondary N) is 1. The quantitative estimate of drug-likeness (QED) is 0.559. The first-order chi connectivity index (χ1) is 12.2. The number of rotatable bonds is 1. The molecule has 0 heterocycles. The molecule has 0 aromatic rings. The van der Waals surface area contributed by atoms with Crippen LogP contribution in [-0.4, -0.2) is 13.1 Å². The van der Waals surface area contributed by atoms with Crippen LogP contribution in [0.5, 0.6) is 0 Å². The zero-order valence-electron chi connectivity index (χ0n) is 16.8. The molecule has 4 bridgehead atoms. The fraction of sp³-hybridized carbons (Fsp3) is 0.917. The molecule has 25 heavy (non-hydrogen) atoms. The summed E-state index contributed by atoms with van der Waals surface area (Å²) in [5, 5.41) is 3.58. The molecule has 4 aliphatic carbocycles. The molecule has 0 aliphatic heterocycles. The summed E-state index contributed by atoms with van der Waals surface area (Å²) in [5.41, 5.74) is 0. The summed E-state index contributed by atoms with van der Waals surface area (Å²) in [6.07, 6.45) is 23.1. The van der Waals surface area contributed by atoms with E-state index in [1.807, 2.05) is 0 Å². The third-order valence-corrected chi connectivity index (χ3v) is 8.99. The third-order valence-electron chi connectivity index (χ3n) is 8.99. The average molecular weight is 344 g/mol. The van der Waals surface area contributed by atoms with Crippen molar-refractivity contribution >= 4 is 0 Å². The third kappa shape index (κ3) is 4.02. The first-order valence-corrected chi connectivity index (χ1v) is 11.6. The molecule has 4 rings (SSSR count). The van der Waals surface area contributed by atoms with Gasteiger partial charge in [-0.05, 0) is 119 Å². The molecule has 0 amide bonds. The molecule has 7 unspecified atom stereocenters. The fourth-order valence-electron chi connectivity index (χ4n) is 7.28. The molecule has 3 saturated carbocycles. The zero-order valence-corrected chi connectivity index (χ0v) is 16.8. The Kier molecular flexibility index (Phi) is 5.90. The molecule has 142 valence electrons. The van der Waals surface area contributed by atoms with Gasteiger partial charge in [-0.25, -0.2) is 0 Å². The van der Waals surface area contributed by atoms with Crippen molar-refractivity contribution in [2.24, 2.45) is 41.4 Å². The van der Waals surface area contributed by atoms with Gasteiger partial charge >= 0.3 is 0 Å². The second-order valence-electron chi connectivity index (χ2n) is 10.1. The van der Waals surface area contributed by atoms with Gasteiger partial charge in [0.25, 0.3) is 0 Å². The number of hydrogen-bond donors (Lipinski definition) is 1. The Morgan fingerprint density at radius 2 is 1.24 bits per heavy atom. The number of allylic oxidation sites excluding steroid dienone is 1. The van der Waals surface area contributed by atoms with Crippen molar-refractivity contribution in [3.8, 4) is 0 Å². The van der Waals surface area contributed by atoms with E-state index in [4.69, 9.17) is 0 Å². The van der Waals surface area contributed by atoms with Crippen LogP contribution >= 0.6 is 0 Å². The Labute approximate surface area is 156 Å². The molecular formula is C24H41N. The Bertz CT molecular complexity index is 455. The van der Waals surface area contributed by atoms with Gasteiger partial charge in [0.15, 0.2) is 0 Å². The summed E-state index contributed by atoms with van der Waals surface area (Å²) >= 11 is 0. The average Bonchev–Trinajstić information content (AvgIpc) is 3.18. The summed E-state index contributed by atoms with van der Waals surface area (Å²) in [4.78, 5) is 0. The predicted octanol–water partition coefficient (Wildman–Crippen LogP) is 6.20. The van der Waals surface area contributed by atoms with Gasteiger partial charge in [0, 0.05) is 6.04 Å². The van der Waals surface area contributed by atoms with E-state index in [1.165, 1.54) is 44.9 Å². The minimum absolute atomic E-state index is 0.606. The second kappa shape index (κ2) is 8.15. The molecule has 1 heteroatoms. The lowest BCUT2D eigenvalue weighted by Gasteiger charge is -2.28. The summed E-state index contributed by atoms with van der Waals surface area (Å²) in [6, 6.07) is 0.606. The maximum Gasteiger partial charge on any atom is 0.0247 e. The van der Waals surface area contributed by atoms with E-state index in [2.05, 4.69) is 31.4 Å². The van der Waals surface area contributed by atoms with E-state index in [9.17, 15) is 0 Å². The van der Waals surface area contributed by atoms with Gasteiger partial charge in [0.2, 0.25) is 0 Å². The van der Waals surface area contributed by atoms with Crippen molar-refractivity contribution in [2.45, 2.75) is 90.0 Å². The molecule has 3 fully saturated rings. The summed E-state index contributed by atoms with van der Waals surface area (Å²) < 4.78 is 0. The molecule has 4 aliphatic rings. The van der Waals surface area contributed by atoms with Crippen molar-refractivity contribution in [3.63, 3.8) is 0 Å². The van der Waals surface area contributed by atoms with Crippen molar-refractivity contribution in [1.82, 2.24) is 5.32 Å². The lowest BCUT2D eigenvalue weighted by molar-refractivity contribution is 0.237. The van der Waals surface area contributed by atoms with Crippen LogP contribution in [0.2, 0.25) is 0 Å². The van der Waals surface area contributed by atoms with Gasteiger partial charge in [0.05, 0.1) is 0 Å². The van der Waals surface area contributed by atoms with Crippen LogP contribution in [0.25, 0.3) is 0 Å². The van der Waals surface area contributed by atoms with Gasteiger partial charge in [-0.15, -0.1) is 0 Å². The Morgan fingerprint density at radius 1 is 0.680 bits per heavy atom. The van der Waals surface area contributed by atoms with Crippen molar-refractivity contribution in [3.05, 3.63) is 12.2 Å². The predicted molar refractivity (Wildman–Crippen MR) is 107 cm³/mol. The van der Waals surface area contributed by atoms with Crippen LogP contribution in [0.15, 0.2) is 12.2 Å². The second-order valence-corrected chi connectivity index (χ2v) is 10.1. The van der Waals surface area contributed by atoms with E-state index in [-0.39, 0.29) is 0 Å². The largest absolute Gasteiger partial charge is 0.314 e. The summed E-state index contributed by atoms with van der Waals surface area (Å²) in [6.45, 7) is 2.52. The molecule has 1 nitrogen and oxygen atoms in total. The van der Waals surface area contributed by atoms with Gasteiger partial charge in [-0.3, -0.25) is 0 Å². The van der Waals surface area contributed by atoms with E-state index in [1.54, 1.807) is 32.1 Å². The molecule has 8 atom stereocenters. The van der Waals surface area contributed by atoms with Crippen LogP contribution in [0.1, 0.15) is 84.0 Å². The van der Waals surface area contributed by atoms with Crippen molar-refractivity contribution in [2.75, 3.05) is 7.05 Å². The van der Waals surface area contributed by atoms with Crippen LogP contribution < -0.4 is 5.32 Å². The van der Waals surface area contributed by atoms with Gasteiger partial charge in [0.1, 0.15) is 0 Å². The van der Waals surface area contributed by atoms with Gasteiger partial charge < -0.3 is 5.32 Å². The Balaban J connectivity index is 1.52. The van der Waals surface area contributed by atoms with E-state index in [0.29, 0.717) is 6.04 Å². The van der Waals surface area contributed by atoms with Crippen molar-refractivity contribution in [1.29, 1.82) is 0 Å². The first kappa shape index (κ1) is 18.1. The van der Waals surface area contributed by atoms with Crippen LogP contribution in [-0.2, 0) is 0 Å². The molecule has 0 radical (unpaired) electrons. The first-order valence-electron chi connectivity index (χ1n) is 11.6. The Hall–Kier alpha value is -0.300. The molecule has 0 spiro atoms. The highest BCUT2D eigenvalue weighted by Crippen LogP contribution is 2.50. The highest BCUT2D eigenvalue weighted by molar-refractivity contribution is 4.98. The van der Waals surface area contributed by atoms with E-state index in [0.717, 1.165) is 41.4 Å². The fourth-order valence-corrected chi connectivity index (χ4v) is 7.28. The molecule has 0 saturated heterocycles. The van der Waals surface area contributed by atoms with E-state index < -0.39 is 0 Å². The number of fused-ring (bicyclic) bond motifs is 8. The normalized spacial score (nSPS) is 49.4. The van der Waals surface area contributed by atoms with Gasteiger partial charge in [-0.1, -0.05) is 25.5 Å². The standard InChI is InChI=1S/C24H41N/c1-17-6-7-20-11-10-18-8-9-19(22-13-12-21(18)16-22)14-15-23(25-2)4-3-5-24(17)20/h3-4,17-25H,5-16H2,1-2H3/b4-3-/t17?,18?,19-,20?,21?,22?,23?,24?/m0/s1. The topological polar surface area (TPSA) is 12.0 Å². The minimum atomic E-state index is 0.606. The lowest BCUT2D eigenvalue weighted by Crippen LogP contribution is -2.25. The minimum Gasteiger partial charge on any atom is -0.314 e. The van der Waals surface area contributed by atoms with Crippen molar-refractivity contribution < 1.29 is 0 Å². The highest BCUT2D eigenvalue weighted by atomic mass is 14.9. The molecular weight excluding hydrogens is 302 g/mol. The maximum absolute atomic E-state index is 3.58. The number of likely N-dealkylation sites (N-methyl/N-ethyl adjacent to an activating group) is 1. The van der Waals surface area contributed by atoms with Crippen LogP contribution in [0.3, 0.4) is 0 Å². The maximum atomic E-state index is 3.58. The molecule has 1 N–H and O–H groups in total. The van der Waals surface area contributed by atoms with Crippen LogP contribution in [0.4, 0.5) is 0 Å². The van der Waals surface area contributed by atoms with E-state index >= 15 is 0 Å². The van der Waals surface area contributed by atoms with Crippen LogP contribution in [0, 0.1) is 41.4 Å². The summed E-state index contributed by atoms with van der Waals surface area (Å²) in [5.74, 6) is 7.20.